The number of hydrogen-bond donors (Lipinski definition) is 0. The molecule has 1 unspecified atom stereocenters. The lowest BCUT2D eigenvalue weighted by atomic mass is 9.85. The molecule has 0 aromatic rings. The molecule has 1 aliphatic rings. The molecule has 1 atom stereocenters. The first kappa shape index (κ1) is 11.1. The SMILES string of the molecule is CCSCCCC1CCCC(=O)C1. The van der Waals surface area contributed by atoms with Crippen LogP contribution in [0.3, 0.4) is 0 Å². The quantitative estimate of drug-likeness (QED) is 0.634. The average Bonchev–Trinajstić information content (AvgIpc) is 2.13. The highest BCUT2D eigenvalue weighted by Crippen LogP contribution is 2.25. The van der Waals surface area contributed by atoms with Gasteiger partial charge < -0.3 is 0 Å². The second-order valence-electron chi connectivity index (χ2n) is 3.84. The maximum Gasteiger partial charge on any atom is 0.133 e. The molecule has 76 valence electrons. The first-order valence-electron chi connectivity index (χ1n) is 5.42. The van der Waals surface area contributed by atoms with Crippen molar-refractivity contribution < 1.29 is 4.79 Å². The average molecular weight is 200 g/mol. The lowest BCUT2D eigenvalue weighted by Gasteiger charge is -2.20. The summed E-state index contributed by atoms with van der Waals surface area (Å²) in [6.07, 6.45) is 6.74. The smallest absolute Gasteiger partial charge is 0.133 e. The monoisotopic (exact) mass is 200 g/mol. The van der Waals surface area contributed by atoms with Crippen molar-refractivity contribution in [3.05, 3.63) is 0 Å². The minimum atomic E-state index is 0.499. The Kier molecular flexibility index (Phi) is 5.52. The van der Waals surface area contributed by atoms with Crippen molar-refractivity contribution in [2.45, 2.75) is 45.4 Å². The fourth-order valence-electron chi connectivity index (χ4n) is 1.98. The van der Waals surface area contributed by atoms with E-state index in [4.69, 9.17) is 0 Å². The molecule has 0 saturated heterocycles. The highest BCUT2D eigenvalue weighted by Gasteiger charge is 2.18. The minimum absolute atomic E-state index is 0.499. The predicted molar refractivity (Wildman–Crippen MR) is 59.2 cm³/mol. The van der Waals surface area contributed by atoms with Gasteiger partial charge in [-0.3, -0.25) is 4.79 Å². The third-order valence-electron chi connectivity index (χ3n) is 2.69. The van der Waals surface area contributed by atoms with Crippen LogP contribution in [0.2, 0.25) is 0 Å². The number of Topliss-reactive ketones (excluding diaryl/α,β-unsaturated/α-hetero) is 1. The Hall–Kier alpha value is 0.0200. The highest BCUT2D eigenvalue weighted by atomic mass is 32.2. The van der Waals surface area contributed by atoms with Gasteiger partial charge >= 0.3 is 0 Å². The summed E-state index contributed by atoms with van der Waals surface area (Å²) in [4.78, 5) is 11.2. The van der Waals surface area contributed by atoms with E-state index in [9.17, 15) is 4.79 Å². The standard InChI is InChI=1S/C11H20OS/c1-2-13-8-4-6-10-5-3-7-11(12)9-10/h10H,2-9H2,1H3. The summed E-state index contributed by atoms with van der Waals surface area (Å²) in [5.41, 5.74) is 0. The van der Waals surface area contributed by atoms with Crippen molar-refractivity contribution in [2.24, 2.45) is 5.92 Å². The Bertz CT molecular complexity index is 156. The van der Waals surface area contributed by atoms with Crippen LogP contribution < -0.4 is 0 Å². The fourth-order valence-corrected chi connectivity index (χ4v) is 2.64. The lowest BCUT2D eigenvalue weighted by Crippen LogP contribution is -2.14. The predicted octanol–water partition coefficient (Wildman–Crippen LogP) is 3.28. The number of rotatable bonds is 5. The van der Waals surface area contributed by atoms with E-state index < -0.39 is 0 Å². The molecule has 0 aliphatic heterocycles. The van der Waals surface area contributed by atoms with Gasteiger partial charge in [-0.15, -0.1) is 0 Å². The normalized spacial score (nSPS) is 23.5. The lowest BCUT2D eigenvalue weighted by molar-refractivity contribution is -0.121. The van der Waals surface area contributed by atoms with Gasteiger partial charge in [0.05, 0.1) is 0 Å². The molecule has 2 heteroatoms. The molecule has 1 fully saturated rings. The number of thioether (sulfide) groups is 1. The van der Waals surface area contributed by atoms with Crippen molar-refractivity contribution in [1.82, 2.24) is 0 Å². The molecule has 0 N–H and O–H groups in total. The zero-order chi connectivity index (χ0) is 9.52. The Labute approximate surface area is 85.7 Å². The van der Waals surface area contributed by atoms with Crippen LogP contribution in [0.15, 0.2) is 0 Å². The topological polar surface area (TPSA) is 17.1 Å². The zero-order valence-electron chi connectivity index (χ0n) is 8.55. The van der Waals surface area contributed by atoms with Crippen molar-refractivity contribution >= 4 is 17.5 Å². The third-order valence-corrected chi connectivity index (χ3v) is 3.68. The van der Waals surface area contributed by atoms with E-state index in [0.29, 0.717) is 5.78 Å². The molecule has 0 amide bonds. The fraction of sp³-hybridized carbons (Fsp3) is 0.909. The first-order chi connectivity index (χ1) is 6.33. The molecule has 0 aromatic carbocycles. The molecular weight excluding hydrogens is 180 g/mol. The van der Waals surface area contributed by atoms with Crippen LogP contribution in [0, 0.1) is 5.92 Å². The number of ketones is 1. The summed E-state index contributed by atoms with van der Waals surface area (Å²) in [6, 6.07) is 0. The molecule has 0 aromatic heterocycles. The summed E-state index contributed by atoms with van der Waals surface area (Å²) in [7, 11) is 0. The van der Waals surface area contributed by atoms with Crippen molar-refractivity contribution in [3.8, 4) is 0 Å². The molecule has 0 heterocycles. The molecule has 1 saturated carbocycles. The van der Waals surface area contributed by atoms with E-state index in [1.165, 1.54) is 30.8 Å². The van der Waals surface area contributed by atoms with Gasteiger partial charge in [0.15, 0.2) is 0 Å². The Morgan fingerprint density at radius 1 is 1.54 bits per heavy atom. The van der Waals surface area contributed by atoms with Crippen molar-refractivity contribution in [3.63, 3.8) is 0 Å². The van der Waals surface area contributed by atoms with Crippen molar-refractivity contribution in [2.75, 3.05) is 11.5 Å². The van der Waals surface area contributed by atoms with Gasteiger partial charge in [0, 0.05) is 12.8 Å². The van der Waals surface area contributed by atoms with E-state index in [1.807, 2.05) is 11.8 Å². The number of hydrogen-bond acceptors (Lipinski definition) is 2. The van der Waals surface area contributed by atoms with Crippen LogP contribution >= 0.6 is 11.8 Å². The van der Waals surface area contributed by atoms with Crippen LogP contribution in [0.1, 0.15) is 45.4 Å². The van der Waals surface area contributed by atoms with Crippen LogP contribution in [0.25, 0.3) is 0 Å². The Morgan fingerprint density at radius 2 is 2.38 bits per heavy atom. The first-order valence-corrected chi connectivity index (χ1v) is 6.58. The molecule has 1 nitrogen and oxygen atoms in total. The summed E-state index contributed by atoms with van der Waals surface area (Å²) >= 11 is 2.01. The van der Waals surface area contributed by atoms with E-state index in [2.05, 4.69) is 6.92 Å². The van der Waals surface area contributed by atoms with E-state index in [-0.39, 0.29) is 0 Å². The summed E-state index contributed by atoms with van der Waals surface area (Å²) in [5, 5.41) is 0. The van der Waals surface area contributed by atoms with Gasteiger partial charge in [0.2, 0.25) is 0 Å². The molecule has 0 bridgehead atoms. The van der Waals surface area contributed by atoms with E-state index in [0.717, 1.165) is 25.2 Å². The number of carbonyl (C=O) groups is 1. The van der Waals surface area contributed by atoms with Crippen LogP contribution in [-0.4, -0.2) is 17.3 Å². The van der Waals surface area contributed by atoms with Crippen LogP contribution in [0.5, 0.6) is 0 Å². The van der Waals surface area contributed by atoms with E-state index in [1.54, 1.807) is 0 Å². The van der Waals surface area contributed by atoms with Gasteiger partial charge in [-0.2, -0.15) is 11.8 Å². The highest BCUT2D eigenvalue weighted by molar-refractivity contribution is 7.99. The van der Waals surface area contributed by atoms with Crippen LogP contribution in [-0.2, 0) is 4.79 Å². The van der Waals surface area contributed by atoms with E-state index >= 15 is 0 Å². The molecule has 1 rings (SSSR count). The molecule has 1 aliphatic carbocycles. The maximum absolute atomic E-state index is 11.2. The van der Waals surface area contributed by atoms with Gasteiger partial charge in [-0.25, -0.2) is 0 Å². The van der Waals surface area contributed by atoms with Crippen LogP contribution in [0.4, 0.5) is 0 Å². The molecule has 13 heavy (non-hydrogen) atoms. The molecule has 0 spiro atoms. The van der Waals surface area contributed by atoms with Gasteiger partial charge in [-0.1, -0.05) is 6.92 Å². The van der Waals surface area contributed by atoms with Gasteiger partial charge in [-0.05, 0) is 43.1 Å². The summed E-state index contributed by atoms with van der Waals surface area (Å²) in [5.74, 6) is 3.73. The summed E-state index contributed by atoms with van der Waals surface area (Å²) < 4.78 is 0. The maximum atomic E-state index is 11.2. The largest absolute Gasteiger partial charge is 0.300 e. The number of carbonyl (C=O) groups excluding carboxylic acids is 1. The second kappa shape index (κ2) is 6.47. The second-order valence-corrected chi connectivity index (χ2v) is 5.23. The summed E-state index contributed by atoms with van der Waals surface area (Å²) in [6.45, 7) is 2.20. The zero-order valence-corrected chi connectivity index (χ0v) is 9.37. The van der Waals surface area contributed by atoms with Crippen molar-refractivity contribution in [1.29, 1.82) is 0 Å². The Balaban J connectivity index is 2.03. The molecular formula is C11H20OS. The van der Waals surface area contributed by atoms with Gasteiger partial charge in [0.25, 0.3) is 0 Å². The molecule has 0 radical (unpaired) electrons. The van der Waals surface area contributed by atoms with Gasteiger partial charge in [0.1, 0.15) is 5.78 Å². The Morgan fingerprint density at radius 3 is 3.08 bits per heavy atom. The third kappa shape index (κ3) is 4.70. The minimum Gasteiger partial charge on any atom is -0.300 e.